The van der Waals surface area contributed by atoms with Crippen LogP contribution in [0.25, 0.3) is 0 Å². The molecule has 0 radical (unpaired) electrons. The van der Waals surface area contributed by atoms with Crippen LogP contribution in [0.1, 0.15) is 12.8 Å². The van der Waals surface area contributed by atoms with Crippen molar-refractivity contribution in [2.24, 2.45) is 5.41 Å². The highest BCUT2D eigenvalue weighted by Crippen LogP contribution is 2.46. The van der Waals surface area contributed by atoms with Gasteiger partial charge in [0, 0.05) is 16.4 Å². The summed E-state index contributed by atoms with van der Waals surface area (Å²) in [5.41, 5.74) is -0.148. The molecule has 1 aliphatic rings. The third-order valence-electron chi connectivity index (χ3n) is 2.65. The van der Waals surface area contributed by atoms with Crippen LogP contribution in [0.15, 0.2) is 15.9 Å². The molecule has 0 aromatic carbocycles. The van der Waals surface area contributed by atoms with E-state index in [9.17, 15) is 4.79 Å². The Bertz CT molecular complexity index is 373. The number of rotatable bonds is 4. The largest absolute Gasteiger partial charge is 0.319 e. The van der Waals surface area contributed by atoms with Crippen LogP contribution in [0.2, 0.25) is 0 Å². The van der Waals surface area contributed by atoms with Crippen LogP contribution in [0.3, 0.4) is 0 Å². The molecule has 0 spiro atoms. The monoisotopic (exact) mass is 288 g/mol. The van der Waals surface area contributed by atoms with E-state index in [2.05, 4.69) is 26.6 Å². The summed E-state index contributed by atoms with van der Waals surface area (Å²) in [6.07, 6.45) is 1.98. The summed E-state index contributed by atoms with van der Waals surface area (Å²) >= 11 is 4.91. The molecule has 0 aliphatic heterocycles. The molecule has 0 unspecified atom stereocenters. The lowest BCUT2D eigenvalue weighted by Gasteiger charge is -2.13. The van der Waals surface area contributed by atoms with Gasteiger partial charge in [0.05, 0.1) is 10.4 Å². The third-order valence-corrected chi connectivity index (χ3v) is 4.26. The Hall–Kier alpha value is -0.390. The van der Waals surface area contributed by atoms with Gasteiger partial charge < -0.3 is 10.6 Å². The molecule has 1 heterocycles. The molecule has 1 aromatic rings. The van der Waals surface area contributed by atoms with E-state index in [-0.39, 0.29) is 11.3 Å². The van der Waals surface area contributed by atoms with Crippen molar-refractivity contribution in [1.82, 2.24) is 5.32 Å². The van der Waals surface area contributed by atoms with Crippen LogP contribution >= 0.6 is 27.3 Å². The number of anilines is 1. The van der Waals surface area contributed by atoms with Gasteiger partial charge in [-0.1, -0.05) is 0 Å². The van der Waals surface area contributed by atoms with E-state index in [0.717, 1.165) is 28.9 Å². The van der Waals surface area contributed by atoms with E-state index in [4.69, 9.17) is 0 Å². The second-order valence-corrected chi connectivity index (χ2v) is 5.72. The summed E-state index contributed by atoms with van der Waals surface area (Å²) in [6, 6.07) is 1.93. The van der Waals surface area contributed by atoms with E-state index >= 15 is 0 Å². The molecule has 1 aliphatic carbocycles. The fourth-order valence-corrected chi connectivity index (χ4v) is 2.91. The first-order chi connectivity index (χ1) is 7.16. The minimum atomic E-state index is -0.148. The molecule has 3 nitrogen and oxygen atoms in total. The second kappa shape index (κ2) is 4.23. The lowest BCUT2D eigenvalue weighted by molar-refractivity contribution is -0.120. The molecule has 0 saturated heterocycles. The zero-order chi connectivity index (χ0) is 10.9. The molecule has 1 amide bonds. The maximum Gasteiger partial charge on any atom is 0.232 e. The Morgan fingerprint density at radius 3 is 2.87 bits per heavy atom. The molecule has 2 rings (SSSR count). The Morgan fingerprint density at radius 2 is 2.40 bits per heavy atom. The van der Waals surface area contributed by atoms with Crippen LogP contribution in [0, 0.1) is 5.41 Å². The standard InChI is InChI=1S/C10H13BrN2OS/c1-12-6-10(2-3-10)9(14)13-8-4-7(11)5-15-8/h4-5,12H,2-3,6H2,1H3,(H,13,14). The van der Waals surface area contributed by atoms with Crippen LogP contribution in [-0.2, 0) is 4.79 Å². The van der Waals surface area contributed by atoms with Crippen LogP contribution in [0.5, 0.6) is 0 Å². The highest BCUT2D eigenvalue weighted by molar-refractivity contribution is 9.10. The highest BCUT2D eigenvalue weighted by Gasteiger charge is 2.49. The van der Waals surface area contributed by atoms with Crippen LogP contribution < -0.4 is 10.6 Å². The molecule has 1 saturated carbocycles. The number of hydrogen-bond acceptors (Lipinski definition) is 3. The van der Waals surface area contributed by atoms with Crippen molar-refractivity contribution < 1.29 is 4.79 Å². The lowest BCUT2D eigenvalue weighted by atomic mass is 10.1. The minimum Gasteiger partial charge on any atom is -0.319 e. The average molecular weight is 289 g/mol. The molecule has 0 bridgehead atoms. The van der Waals surface area contributed by atoms with E-state index in [1.807, 2.05) is 18.5 Å². The van der Waals surface area contributed by atoms with Gasteiger partial charge in [0.2, 0.25) is 5.91 Å². The van der Waals surface area contributed by atoms with Gasteiger partial charge in [0.1, 0.15) is 0 Å². The molecule has 82 valence electrons. The number of hydrogen-bond donors (Lipinski definition) is 2. The van der Waals surface area contributed by atoms with Crippen molar-refractivity contribution in [3.63, 3.8) is 0 Å². The number of amides is 1. The SMILES string of the molecule is CNCC1(C(=O)Nc2cc(Br)cs2)CC1. The van der Waals surface area contributed by atoms with Gasteiger partial charge in [-0.25, -0.2) is 0 Å². The van der Waals surface area contributed by atoms with Crippen molar-refractivity contribution in [2.75, 3.05) is 18.9 Å². The Morgan fingerprint density at radius 1 is 1.67 bits per heavy atom. The predicted molar refractivity (Wildman–Crippen MR) is 66.2 cm³/mol. The Labute approximate surface area is 101 Å². The van der Waals surface area contributed by atoms with Gasteiger partial charge in [-0.2, -0.15) is 0 Å². The molecule has 2 N–H and O–H groups in total. The van der Waals surface area contributed by atoms with Gasteiger partial charge in [-0.05, 0) is 41.9 Å². The molecular weight excluding hydrogens is 276 g/mol. The van der Waals surface area contributed by atoms with Crippen molar-refractivity contribution in [2.45, 2.75) is 12.8 Å². The first kappa shape index (κ1) is 11.1. The summed E-state index contributed by atoms with van der Waals surface area (Å²) in [4.78, 5) is 11.9. The van der Waals surface area contributed by atoms with Crippen molar-refractivity contribution in [3.8, 4) is 0 Å². The van der Waals surface area contributed by atoms with E-state index < -0.39 is 0 Å². The fourth-order valence-electron chi connectivity index (χ4n) is 1.60. The first-order valence-electron chi connectivity index (χ1n) is 4.86. The number of nitrogens with one attached hydrogen (secondary N) is 2. The van der Waals surface area contributed by atoms with Gasteiger partial charge in [-0.3, -0.25) is 4.79 Å². The van der Waals surface area contributed by atoms with E-state index in [1.54, 1.807) is 11.3 Å². The van der Waals surface area contributed by atoms with Crippen LogP contribution in [0.4, 0.5) is 5.00 Å². The lowest BCUT2D eigenvalue weighted by Crippen LogP contribution is -2.32. The number of carbonyl (C=O) groups excluding carboxylic acids is 1. The zero-order valence-electron chi connectivity index (χ0n) is 8.47. The topological polar surface area (TPSA) is 41.1 Å². The second-order valence-electron chi connectivity index (χ2n) is 3.89. The van der Waals surface area contributed by atoms with Gasteiger partial charge in [0.25, 0.3) is 0 Å². The normalized spacial score (nSPS) is 17.5. The summed E-state index contributed by atoms with van der Waals surface area (Å²) in [6.45, 7) is 0.769. The highest BCUT2D eigenvalue weighted by atomic mass is 79.9. The zero-order valence-corrected chi connectivity index (χ0v) is 10.9. The molecule has 1 fully saturated rings. The van der Waals surface area contributed by atoms with Gasteiger partial charge in [-0.15, -0.1) is 11.3 Å². The van der Waals surface area contributed by atoms with Crippen molar-refractivity contribution >= 4 is 38.2 Å². The summed E-state index contributed by atoms with van der Waals surface area (Å²) in [5, 5.41) is 8.91. The van der Waals surface area contributed by atoms with E-state index in [1.165, 1.54) is 0 Å². The van der Waals surface area contributed by atoms with E-state index in [0.29, 0.717) is 0 Å². The number of carbonyl (C=O) groups is 1. The quantitative estimate of drug-likeness (QED) is 0.894. The van der Waals surface area contributed by atoms with Crippen molar-refractivity contribution in [1.29, 1.82) is 0 Å². The summed E-state index contributed by atoms with van der Waals surface area (Å²) < 4.78 is 1.02. The maximum atomic E-state index is 11.9. The smallest absolute Gasteiger partial charge is 0.232 e. The predicted octanol–water partition coefficient (Wildman–Crippen LogP) is 2.45. The molecule has 0 atom stereocenters. The molecule has 5 heteroatoms. The molecule has 1 aromatic heterocycles. The Kier molecular flexibility index (Phi) is 3.13. The number of halogens is 1. The molecular formula is C10H13BrN2OS. The molecule has 15 heavy (non-hydrogen) atoms. The third kappa shape index (κ3) is 2.41. The summed E-state index contributed by atoms with van der Waals surface area (Å²) in [7, 11) is 1.88. The maximum absolute atomic E-state index is 11.9. The Balaban J connectivity index is 1.98. The minimum absolute atomic E-state index is 0.145. The van der Waals surface area contributed by atoms with Gasteiger partial charge in [0.15, 0.2) is 0 Å². The first-order valence-corrected chi connectivity index (χ1v) is 6.54. The van der Waals surface area contributed by atoms with Crippen LogP contribution in [-0.4, -0.2) is 19.5 Å². The average Bonchev–Trinajstić information content (AvgIpc) is 2.86. The number of thiophene rings is 1. The summed E-state index contributed by atoms with van der Waals surface area (Å²) in [5.74, 6) is 0.145. The van der Waals surface area contributed by atoms with Crippen molar-refractivity contribution in [3.05, 3.63) is 15.9 Å². The van der Waals surface area contributed by atoms with Gasteiger partial charge >= 0.3 is 0 Å². The fraction of sp³-hybridized carbons (Fsp3) is 0.500.